The quantitative estimate of drug-likeness (QED) is 0.902. The predicted octanol–water partition coefficient (Wildman–Crippen LogP) is 3.53. The molecule has 1 N–H and O–H groups in total. The summed E-state index contributed by atoms with van der Waals surface area (Å²) >= 11 is 0. The average molecular weight is 317 g/mol. The number of aliphatic hydroxyl groups excluding tert-OH is 1. The Kier molecular flexibility index (Phi) is 4.28. The lowest BCUT2D eigenvalue weighted by molar-refractivity contribution is -0.132. The lowest BCUT2D eigenvalue weighted by Gasteiger charge is -2.30. The van der Waals surface area contributed by atoms with Crippen LogP contribution < -0.4 is 0 Å². The highest BCUT2D eigenvalue weighted by Gasteiger charge is 2.47. The smallest absolute Gasteiger partial charge is 0.290 e. The molecule has 0 radical (unpaired) electrons. The zero-order valence-corrected chi connectivity index (χ0v) is 13.6. The van der Waals surface area contributed by atoms with Gasteiger partial charge in [0.15, 0.2) is 11.5 Å². The van der Waals surface area contributed by atoms with E-state index in [1.165, 1.54) is 6.26 Å². The Balaban J connectivity index is 2.01. The highest BCUT2D eigenvalue weighted by Crippen LogP contribution is 2.43. The minimum absolute atomic E-state index is 0.0594. The maximum Gasteiger partial charge on any atom is 0.290 e. The second-order valence-corrected chi connectivity index (χ2v) is 6.85. The van der Waals surface area contributed by atoms with E-state index in [0.29, 0.717) is 12.2 Å². The number of hydrogen-bond acceptors (Lipinski definition) is 4. The van der Waals surface area contributed by atoms with Crippen molar-refractivity contribution in [1.82, 2.24) is 4.90 Å². The van der Waals surface area contributed by atoms with Crippen LogP contribution in [0.4, 0.5) is 0 Å². The van der Waals surface area contributed by atoms with E-state index in [1.54, 1.807) is 17.0 Å². The van der Waals surface area contributed by atoms with Gasteiger partial charge >= 0.3 is 0 Å². The molecule has 23 heavy (non-hydrogen) atoms. The number of carbonyl (C=O) groups excluding carboxylic acids is 2. The van der Waals surface area contributed by atoms with Gasteiger partial charge in [-0.1, -0.05) is 26.7 Å². The van der Waals surface area contributed by atoms with Crippen LogP contribution in [0.1, 0.15) is 57.8 Å². The van der Waals surface area contributed by atoms with Gasteiger partial charge in [0.1, 0.15) is 11.8 Å². The summed E-state index contributed by atoms with van der Waals surface area (Å²) in [5.74, 6) is -0.306. The fourth-order valence-corrected chi connectivity index (χ4v) is 3.67. The van der Waals surface area contributed by atoms with Crippen molar-refractivity contribution in [1.29, 1.82) is 0 Å². The molecule has 3 rings (SSSR count). The summed E-state index contributed by atoms with van der Waals surface area (Å²) in [6.07, 6.45) is 5.78. The number of furan rings is 1. The number of amides is 1. The van der Waals surface area contributed by atoms with Gasteiger partial charge < -0.3 is 14.4 Å². The van der Waals surface area contributed by atoms with E-state index in [0.717, 1.165) is 25.7 Å². The maximum atomic E-state index is 12.6. The van der Waals surface area contributed by atoms with E-state index in [2.05, 4.69) is 0 Å². The Labute approximate surface area is 136 Å². The third-order valence-corrected chi connectivity index (χ3v) is 4.67. The molecule has 1 saturated carbocycles. The van der Waals surface area contributed by atoms with Gasteiger partial charge in [-0.05, 0) is 30.9 Å². The van der Waals surface area contributed by atoms with E-state index >= 15 is 0 Å². The monoisotopic (exact) mass is 317 g/mol. The molecule has 1 aromatic rings. The first-order valence-electron chi connectivity index (χ1n) is 8.33. The Bertz CT molecular complexity index is 623. The number of hydrogen-bond donors (Lipinski definition) is 1. The van der Waals surface area contributed by atoms with Crippen molar-refractivity contribution in [2.24, 2.45) is 5.92 Å². The zero-order chi connectivity index (χ0) is 16.6. The minimum atomic E-state index is -0.591. The second-order valence-electron chi connectivity index (χ2n) is 6.85. The summed E-state index contributed by atoms with van der Waals surface area (Å²) in [7, 11) is 0. The molecule has 1 fully saturated rings. The lowest BCUT2D eigenvalue weighted by atomic mass is 9.94. The van der Waals surface area contributed by atoms with Crippen molar-refractivity contribution < 1.29 is 19.1 Å². The molecule has 124 valence electrons. The van der Waals surface area contributed by atoms with E-state index in [-0.39, 0.29) is 23.3 Å². The maximum absolute atomic E-state index is 12.6. The number of nitrogens with zero attached hydrogens (tertiary/aromatic N) is 1. The number of carbonyl (C=O) groups is 2. The minimum Gasteiger partial charge on any atom is -0.503 e. The van der Waals surface area contributed by atoms with Crippen molar-refractivity contribution in [3.63, 3.8) is 0 Å². The van der Waals surface area contributed by atoms with Crippen LogP contribution >= 0.6 is 0 Å². The zero-order valence-electron chi connectivity index (χ0n) is 13.6. The predicted molar refractivity (Wildman–Crippen MR) is 84.7 cm³/mol. The molecule has 0 aromatic carbocycles. The average Bonchev–Trinajstić information content (AvgIpc) is 3.20. The molecule has 1 amide bonds. The van der Waals surface area contributed by atoms with Gasteiger partial charge in [0.25, 0.3) is 5.91 Å². The summed E-state index contributed by atoms with van der Waals surface area (Å²) in [4.78, 5) is 26.9. The number of rotatable bonds is 5. The lowest BCUT2D eigenvalue weighted by Crippen LogP contribution is -2.38. The van der Waals surface area contributed by atoms with E-state index in [1.807, 2.05) is 13.8 Å². The van der Waals surface area contributed by atoms with Crippen LogP contribution in [0.2, 0.25) is 0 Å². The normalized spacial score (nSPS) is 22.7. The van der Waals surface area contributed by atoms with Crippen molar-refractivity contribution in [2.45, 2.75) is 58.0 Å². The van der Waals surface area contributed by atoms with Gasteiger partial charge in [-0.25, -0.2) is 0 Å². The van der Waals surface area contributed by atoms with E-state index in [4.69, 9.17) is 4.42 Å². The van der Waals surface area contributed by atoms with Crippen LogP contribution in [-0.4, -0.2) is 27.7 Å². The summed E-state index contributed by atoms with van der Waals surface area (Å²) < 4.78 is 5.50. The Morgan fingerprint density at radius 2 is 2.09 bits per heavy atom. The molecule has 5 heteroatoms. The van der Waals surface area contributed by atoms with Crippen molar-refractivity contribution in [3.05, 3.63) is 35.5 Å². The molecule has 0 spiro atoms. The summed E-state index contributed by atoms with van der Waals surface area (Å²) in [5, 5.41) is 10.4. The van der Waals surface area contributed by atoms with E-state index < -0.39 is 17.7 Å². The molecular weight excluding hydrogens is 294 g/mol. The van der Waals surface area contributed by atoms with Gasteiger partial charge in [0, 0.05) is 12.5 Å². The van der Waals surface area contributed by atoms with Gasteiger partial charge in [-0.2, -0.15) is 0 Å². The number of Topliss-reactive ketones (excluding diaryl/α,β-unsaturated/α-hetero) is 1. The molecule has 5 nitrogen and oxygen atoms in total. The first-order valence-corrected chi connectivity index (χ1v) is 8.33. The Morgan fingerprint density at radius 1 is 1.39 bits per heavy atom. The Morgan fingerprint density at radius 3 is 2.65 bits per heavy atom. The highest BCUT2D eigenvalue weighted by atomic mass is 16.3. The summed E-state index contributed by atoms with van der Waals surface area (Å²) in [6, 6.07) is 2.98. The van der Waals surface area contributed by atoms with Crippen molar-refractivity contribution in [2.75, 3.05) is 0 Å². The van der Waals surface area contributed by atoms with Crippen LogP contribution in [0.3, 0.4) is 0 Å². The van der Waals surface area contributed by atoms with Crippen molar-refractivity contribution in [3.8, 4) is 0 Å². The molecule has 1 aromatic heterocycles. The molecular formula is C18H23NO4. The fourth-order valence-electron chi connectivity index (χ4n) is 3.67. The van der Waals surface area contributed by atoms with Crippen LogP contribution in [0.15, 0.2) is 34.1 Å². The molecule has 1 unspecified atom stereocenters. The first kappa shape index (κ1) is 15.8. The first-order chi connectivity index (χ1) is 11.0. The van der Waals surface area contributed by atoms with Crippen LogP contribution in [-0.2, 0) is 9.59 Å². The van der Waals surface area contributed by atoms with Crippen LogP contribution in [0.25, 0.3) is 0 Å². The SMILES string of the molecule is CC(C)CC(=O)C1=C(O)C(=O)N(C2CCCC2)C1c1ccco1. The summed E-state index contributed by atoms with van der Waals surface area (Å²) in [6.45, 7) is 3.89. The number of aliphatic hydroxyl groups is 1. The van der Waals surface area contributed by atoms with Gasteiger partial charge in [0.2, 0.25) is 0 Å². The Hall–Kier alpha value is -2.04. The molecule has 2 heterocycles. The largest absolute Gasteiger partial charge is 0.503 e. The topological polar surface area (TPSA) is 70.8 Å². The highest BCUT2D eigenvalue weighted by molar-refractivity contribution is 6.09. The molecule has 1 aliphatic carbocycles. The fraction of sp³-hybridized carbons (Fsp3) is 0.556. The van der Waals surface area contributed by atoms with Gasteiger partial charge in [-0.15, -0.1) is 0 Å². The molecule has 2 aliphatic rings. The standard InChI is InChI=1S/C18H23NO4/c1-11(2)10-13(20)15-16(14-8-5-9-23-14)19(18(22)17(15)21)12-6-3-4-7-12/h5,8-9,11-12,16,21H,3-4,6-7,10H2,1-2H3. The van der Waals surface area contributed by atoms with Crippen molar-refractivity contribution >= 4 is 11.7 Å². The third-order valence-electron chi connectivity index (χ3n) is 4.67. The summed E-state index contributed by atoms with van der Waals surface area (Å²) in [5.41, 5.74) is 0.200. The molecule has 1 atom stereocenters. The van der Waals surface area contributed by atoms with Crippen LogP contribution in [0, 0.1) is 5.92 Å². The number of ketones is 1. The third kappa shape index (κ3) is 2.80. The van der Waals surface area contributed by atoms with Gasteiger partial charge in [-0.3, -0.25) is 9.59 Å². The molecule has 0 saturated heterocycles. The van der Waals surface area contributed by atoms with Gasteiger partial charge in [0.05, 0.1) is 11.8 Å². The molecule has 0 bridgehead atoms. The molecule has 1 aliphatic heterocycles. The second kappa shape index (κ2) is 6.22. The van der Waals surface area contributed by atoms with E-state index in [9.17, 15) is 14.7 Å². The van der Waals surface area contributed by atoms with Crippen LogP contribution in [0.5, 0.6) is 0 Å².